The number of hydrogen-bond acceptors (Lipinski definition) is 2. The number of halogens is 1. The first-order chi connectivity index (χ1) is 6.77. The fourth-order valence-electron chi connectivity index (χ4n) is 1.74. The van der Waals surface area contributed by atoms with Crippen molar-refractivity contribution in [1.29, 1.82) is 0 Å². The monoisotopic (exact) mass is 226 g/mol. The van der Waals surface area contributed by atoms with E-state index in [0.717, 1.165) is 18.5 Å². The molecule has 0 radical (unpaired) electrons. The van der Waals surface area contributed by atoms with Crippen molar-refractivity contribution in [2.24, 2.45) is 5.73 Å². The van der Waals surface area contributed by atoms with E-state index in [1.54, 1.807) is 0 Å². The van der Waals surface area contributed by atoms with Gasteiger partial charge < -0.3 is 10.6 Å². The van der Waals surface area contributed by atoms with Gasteiger partial charge in [-0.3, -0.25) is 4.79 Å². The predicted molar refractivity (Wildman–Crippen MR) is 62.2 cm³/mol. The van der Waals surface area contributed by atoms with Crippen LogP contribution in [0.5, 0.6) is 0 Å². The Balaban J connectivity index is 0.00000112. The number of nitrogens with zero attached hydrogens (tertiary/aromatic N) is 1. The Kier molecular flexibility index (Phi) is 4.12. The second-order valence-corrected chi connectivity index (χ2v) is 3.67. The van der Waals surface area contributed by atoms with E-state index in [1.165, 1.54) is 0 Å². The van der Waals surface area contributed by atoms with Gasteiger partial charge in [-0.2, -0.15) is 0 Å². The van der Waals surface area contributed by atoms with Crippen LogP contribution >= 0.6 is 12.4 Å². The Morgan fingerprint density at radius 1 is 1.33 bits per heavy atom. The number of carbonyl (C=O) groups excluding carboxylic acids is 1. The van der Waals surface area contributed by atoms with Crippen molar-refractivity contribution in [2.45, 2.75) is 12.5 Å². The molecule has 1 atom stereocenters. The van der Waals surface area contributed by atoms with Crippen molar-refractivity contribution in [3.63, 3.8) is 0 Å². The van der Waals surface area contributed by atoms with E-state index in [0.29, 0.717) is 6.54 Å². The molecule has 1 fully saturated rings. The zero-order valence-corrected chi connectivity index (χ0v) is 9.24. The second kappa shape index (κ2) is 5.14. The van der Waals surface area contributed by atoms with Crippen molar-refractivity contribution in [2.75, 3.05) is 13.1 Å². The maximum Gasteiger partial charge on any atom is 0.253 e. The maximum atomic E-state index is 11.9. The van der Waals surface area contributed by atoms with Crippen molar-refractivity contribution in [3.05, 3.63) is 35.9 Å². The Morgan fingerprint density at radius 3 is 2.53 bits per heavy atom. The summed E-state index contributed by atoms with van der Waals surface area (Å²) in [6, 6.07) is 9.50. The van der Waals surface area contributed by atoms with Gasteiger partial charge in [0, 0.05) is 24.7 Å². The lowest BCUT2D eigenvalue weighted by atomic mass is 10.2. The highest BCUT2D eigenvalue weighted by Crippen LogP contribution is 2.11. The summed E-state index contributed by atoms with van der Waals surface area (Å²) < 4.78 is 0. The average Bonchev–Trinajstić information content (AvgIpc) is 2.65. The topological polar surface area (TPSA) is 46.3 Å². The van der Waals surface area contributed by atoms with Crippen LogP contribution in [0.25, 0.3) is 0 Å². The number of rotatable bonds is 1. The lowest BCUT2D eigenvalue weighted by Crippen LogP contribution is -2.31. The third-order valence-corrected chi connectivity index (χ3v) is 2.53. The maximum absolute atomic E-state index is 11.9. The van der Waals surface area contributed by atoms with Gasteiger partial charge in [0.05, 0.1) is 0 Å². The number of amides is 1. The molecule has 2 rings (SSSR count). The largest absolute Gasteiger partial charge is 0.337 e. The van der Waals surface area contributed by atoms with Crippen LogP contribution in [-0.4, -0.2) is 29.9 Å². The van der Waals surface area contributed by atoms with Gasteiger partial charge in [0.15, 0.2) is 0 Å². The van der Waals surface area contributed by atoms with E-state index in [2.05, 4.69) is 0 Å². The molecule has 15 heavy (non-hydrogen) atoms. The Bertz CT molecular complexity index is 329. The third kappa shape index (κ3) is 2.70. The summed E-state index contributed by atoms with van der Waals surface area (Å²) in [6.07, 6.45) is 0.915. The quantitative estimate of drug-likeness (QED) is 0.784. The highest BCUT2D eigenvalue weighted by molar-refractivity contribution is 5.94. The number of benzene rings is 1. The molecule has 0 saturated carbocycles. The summed E-state index contributed by atoms with van der Waals surface area (Å²) in [5, 5.41) is 0. The van der Waals surface area contributed by atoms with Gasteiger partial charge in [-0.05, 0) is 18.6 Å². The van der Waals surface area contributed by atoms with Gasteiger partial charge in [0.2, 0.25) is 0 Å². The molecule has 1 aliphatic heterocycles. The van der Waals surface area contributed by atoms with E-state index < -0.39 is 0 Å². The molecule has 1 aromatic rings. The van der Waals surface area contributed by atoms with Crippen LogP contribution in [0.2, 0.25) is 0 Å². The number of likely N-dealkylation sites (tertiary alicyclic amines) is 1. The third-order valence-electron chi connectivity index (χ3n) is 2.53. The van der Waals surface area contributed by atoms with Gasteiger partial charge in [0.1, 0.15) is 0 Å². The first kappa shape index (κ1) is 12.0. The van der Waals surface area contributed by atoms with Crippen LogP contribution in [0, 0.1) is 0 Å². The minimum atomic E-state index is 0. The van der Waals surface area contributed by atoms with Gasteiger partial charge >= 0.3 is 0 Å². The zero-order chi connectivity index (χ0) is 9.97. The number of nitrogens with two attached hydrogens (primary N) is 1. The molecule has 1 aliphatic rings. The van der Waals surface area contributed by atoms with Gasteiger partial charge in [0.25, 0.3) is 5.91 Å². The highest BCUT2D eigenvalue weighted by atomic mass is 35.5. The molecule has 1 amide bonds. The molecule has 4 heteroatoms. The summed E-state index contributed by atoms with van der Waals surface area (Å²) in [6.45, 7) is 1.47. The van der Waals surface area contributed by atoms with Crippen LogP contribution in [0.1, 0.15) is 16.8 Å². The molecule has 1 aromatic carbocycles. The fourth-order valence-corrected chi connectivity index (χ4v) is 1.74. The Hall–Kier alpha value is -1.06. The molecule has 82 valence electrons. The van der Waals surface area contributed by atoms with Gasteiger partial charge in [-0.15, -0.1) is 12.4 Å². The van der Waals surface area contributed by atoms with Gasteiger partial charge in [-0.25, -0.2) is 0 Å². The molecule has 0 aromatic heterocycles. The van der Waals surface area contributed by atoms with E-state index in [9.17, 15) is 4.79 Å². The van der Waals surface area contributed by atoms with E-state index in [-0.39, 0.29) is 24.4 Å². The first-order valence-electron chi connectivity index (χ1n) is 4.87. The molecule has 2 N–H and O–H groups in total. The standard InChI is InChI=1S/C11H14N2O.ClH/c12-10-6-7-13(8-10)11(14)9-4-2-1-3-5-9;/h1-5,10H,6-8,12H2;1H/t10-;/m1./s1. The number of hydrogen-bond donors (Lipinski definition) is 1. The lowest BCUT2D eigenvalue weighted by molar-refractivity contribution is 0.0791. The SMILES string of the molecule is Cl.N[C@@H]1CCN(C(=O)c2ccccc2)C1. The molecule has 0 unspecified atom stereocenters. The molecule has 1 heterocycles. The summed E-state index contributed by atoms with van der Waals surface area (Å²) in [7, 11) is 0. The minimum absolute atomic E-state index is 0. The smallest absolute Gasteiger partial charge is 0.253 e. The molecule has 3 nitrogen and oxygen atoms in total. The van der Waals surface area contributed by atoms with Crippen LogP contribution in [0.4, 0.5) is 0 Å². The summed E-state index contributed by atoms with van der Waals surface area (Å²) >= 11 is 0. The minimum Gasteiger partial charge on any atom is -0.337 e. The molecule has 0 spiro atoms. The highest BCUT2D eigenvalue weighted by Gasteiger charge is 2.23. The average molecular weight is 227 g/mol. The molecular weight excluding hydrogens is 212 g/mol. The van der Waals surface area contributed by atoms with Gasteiger partial charge in [-0.1, -0.05) is 18.2 Å². The molecular formula is C11H15ClN2O. The van der Waals surface area contributed by atoms with E-state index >= 15 is 0 Å². The molecule has 1 saturated heterocycles. The lowest BCUT2D eigenvalue weighted by Gasteiger charge is -2.15. The molecule has 0 aliphatic carbocycles. The second-order valence-electron chi connectivity index (χ2n) is 3.67. The predicted octanol–water partition coefficient (Wildman–Crippen LogP) is 1.28. The van der Waals surface area contributed by atoms with Crippen molar-refractivity contribution < 1.29 is 4.79 Å². The summed E-state index contributed by atoms with van der Waals surface area (Å²) in [4.78, 5) is 13.7. The van der Waals surface area contributed by atoms with Crippen molar-refractivity contribution >= 4 is 18.3 Å². The van der Waals surface area contributed by atoms with Crippen LogP contribution in [-0.2, 0) is 0 Å². The van der Waals surface area contributed by atoms with Crippen LogP contribution in [0.15, 0.2) is 30.3 Å². The summed E-state index contributed by atoms with van der Waals surface area (Å²) in [5.74, 6) is 0.0959. The van der Waals surface area contributed by atoms with Crippen molar-refractivity contribution in [3.8, 4) is 0 Å². The van der Waals surface area contributed by atoms with E-state index in [1.807, 2.05) is 35.2 Å². The van der Waals surface area contributed by atoms with Crippen LogP contribution < -0.4 is 5.73 Å². The Morgan fingerprint density at radius 2 is 2.00 bits per heavy atom. The van der Waals surface area contributed by atoms with Crippen LogP contribution in [0.3, 0.4) is 0 Å². The molecule has 0 bridgehead atoms. The van der Waals surface area contributed by atoms with E-state index in [4.69, 9.17) is 5.73 Å². The Labute approximate surface area is 95.7 Å². The normalized spacial score (nSPS) is 19.8. The first-order valence-corrected chi connectivity index (χ1v) is 4.87. The summed E-state index contributed by atoms with van der Waals surface area (Å²) in [5.41, 5.74) is 6.50. The van der Waals surface area contributed by atoms with Crippen molar-refractivity contribution in [1.82, 2.24) is 4.90 Å². The fraction of sp³-hybridized carbons (Fsp3) is 0.364. The number of carbonyl (C=O) groups is 1. The zero-order valence-electron chi connectivity index (χ0n) is 8.43.